The van der Waals surface area contributed by atoms with Gasteiger partial charge in [0.25, 0.3) is 0 Å². The van der Waals surface area contributed by atoms with Crippen LogP contribution in [-0.2, 0) is 0 Å². The highest BCUT2D eigenvalue weighted by molar-refractivity contribution is 4.82. The van der Waals surface area contributed by atoms with E-state index in [9.17, 15) is 0 Å². The maximum Gasteiger partial charge on any atom is 0.0170 e. The SMILES string of the molecule is CCC(C)(NC)C(C)C. The molecule has 0 spiro atoms. The van der Waals surface area contributed by atoms with Crippen molar-refractivity contribution in [2.75, 3.05) is 7.05 Å². The highest BCUT2D eigenvalue weighted by atomic mass is 14.9. The average molecular weight is 129 g/mol. The largest absolute Gasteiger partial charge is 0.314 e. The van der Waals surface area contributed by atoms with Crippen LogP contribution in [0.15, 0.2) is 0 Å². The molecular weight excluding hydrogens is 110 g/mol. The van der Waals surface area contributed by atoms with Gasteiger partial charge in [0.2, 0.25) is 0 Å². The molecule has 0 heterocycles. The Morgan fingerprint density at radius 3 is 1.89 bits per heavy atom. The molecule has 9 heavy (non-hydrogen) atoms. The molecule has 0 aliphatic heterocycles. The van der Waals surface area contributed by atoms with Gasteiger partial charge in [0.1, 0.15) is 0 Å². The Kier molecular flexibility index (Phi) is 3.20. The lowest BCUT2D eigenvalue weighted by atomic mass is 9.86. The number of hydrogen-bond acceptors (Lipinski definition) is 1. The number of rotatable bonds is 3. The second-order valence-electron chi connectivity index (χ2n) is 3.18. The molecule has 1 N–H and O–H groups in total. The van der Waals surface area contributed by atoms with Gasteiger partial charge in [-0.25, -0.2) is 0 Å². The van der Waals surface area contributed by atoms with Gasteiger partial charge in [-0.3, -0.25) is 0 Å². The second kappa shape index (κ2) is 3.21. The van der Waals surface area contributed by atoms with Crippen LogP contribution in [0.25, 0.3) is 0 Å². The highest BCUT2D eigenvalue weighted by Crippen LogP contribution is 2.18. The lowest BCUT2D eigenvalue weighted by molar-refractivity contribution is 0.270. The monoisotopic (exact) mass is 129 g/mol. The summed E-state index contributed by atoms with van der Waals surface area (Å²) in [6, 6.07) is 0. The predicted octanol–water partition coefficient (Wildman–Crippen LogP) is 2.03. The summed E-state index contributed by atoms with van der Waals surface area (Å²) in [5, 5.41) is 3.33. The van der Waals surface area contributed by atoms with E-state index < -0.39 is 0 Å². The minimum absolute atomic E-state index is 0.333. The third-order valence-corrected chi connectivity index (χ3v) is 2.58. The first-order valence-corrected chi connectivity index (χ1v) is 3.75. The first-order valence-electron chi connectivity index (χ1n) is 3.75. The summed E-state index contributed by atoms with van der Waals surface area (Å²) in [6.45, 7) is 8.98. The third-order valence-electron chi connectivity index (χ3n) is 2.58. The fourth-order valence-electron chi connectivity index (χ4n) is 0.874. The molecule has 0 amide bonds. The van der Waals surface area contributed by atoms with E-state index in [-0.39, 0.29) is 0 Å². The van der Waals surface area contributed by atoms with Crippen LogP contribution in [-0.4, -0.2) is 12.6 Å². The van der Waals surface area contributed by atoms with Gasteiger partial charge in [0.05, 0.1) is 0 Å². The summed E-state index contributed by atoms with van der Waals surface area (Å²) in [7, 11) is 2.03. The smallest absolute Gasteiger partial charge is 0.0170 e. The van der Waals surface area contributed by atoms with Crippen molar-refractivity contribution < 1.29 is 0 Å². The topological polar surface area (TPSA) is 12.0 Å². The van der Waals surface area contributed by atoms with E-state index in [2.05, 4.69) is 33.0 Å². The zero-order chi connectivity index (χ0) is 7.49. The Morgan fingerprint density at radius 2 is 1.89 bits per heavy atom. The van der Waals surface area contributed by atoms with Crippen molar-refractivity contribution in [2.45, 2.75) is 39.7 Å². The van der Waals surface area contributed by atoms with Gasteiger partial charge in [0.15, 0.2) is 0 Å². The molecule has 0 radical (unpaired) electrons. The molecular formula is C8H19N. The standard InChI is InChI=1S/C8H19N/c1-6-8(4,9-5)7(2)3/h7,9H,6H2,1-5H3. The van der Waals surface area contributed by atoms with E-state index in [4.69, 9.17) is 0 Å². The van der Waals surface area contributed by atoms with Gasteiger partial charge < -0.3 is 5.32 Å². The molecule has 0 aromatic heterocycles. The molecule has 0 aliphatic rings. The minimum atomic E-state index is 0.333. The Hall–Kier alpha value is -0.0400. The molecule has 1 unspecified atom stereocenters. The van der Waals surface area contributed by atoms with Crippen molar-refractivity contribution in [1.82, 2.24) is 5.32 Å². The highest BCUT2D eigenvalue weighted by Gasteiger charge is 2.22. The van der Waals surface area contributed by atoms with Crippen LogP contribution < -0.4 is 5.32 Å². The molecule has 0 aromatic rings. The predicted molar refractivity (Wildman–Crippen MR) is 42.6 cm³/mol. The molecule has 0 bridgehead atoms. The van der Waals surface area contributed by atoms with Gasteiger partial charge in [-0.1, -0.05) is 20.8 Å². The lowest BCUT2D eigenvalue weighted by Crippen LogP contribution is -2.43. The zero-order valence-electron chi connectivity index (χ0n) is 7.28. The Balaban J connectivity index is 3.92. The van der Waals surface area contributed by atoms with Crippen molar-refractivity contribution in [1.29, 1.82) is 0 Å². The van der Waals surface area contributed by atoms with E-state index in [0.717, 1.165) is 0 Å². The van der Waals surface area contributed by atoms with Gasteiger partial charge >= 0.3 is 0 Å². The van der Waals surface area contributed by atoms with Crippen molar-refractivity contribution in [2.24, 2.45) is 5.92 Å². The summed E-state index contributed by atoms with van der Waals surface area (Å²) in [4.78, 5) is 0. The third kappa shape index (κ3) is 1.98. The van der Waals surface area contributed by atoms with Crippen molar-refractivity contribution >= 4 is 0 Å². The summed E-state index contributed by atoms with van der Waals surface area (Å²) >= 11 is 0. The maximum atomic E-state index is 3.33. The van der Waals surface area contributed by atoms with Gasteiger partial charge in [-0.05, 0) is 26.3 Å². The molecule has 1 heteroatoms. The average Bonchev–Trinajstić information content (AvgIpc) is 1.86. The van der Waals surface area contributed by atoms with E-state index in [1.54, 1.807) is 0 Å². The summed E-state index contributed by atoms with van der Waals surface area (Å²) in [5.41, 5.74) is 0.333. The molecule has 0 aromatic carbocycles. The summed E-state index contributed by atoms with van der Waals surface area (Å²) in [6.07, 6.45) is 1.20. The van der Waals surface area contributed by atoms with Crippen LogP contribution in [0.2, 0.25) is 0 Å². The van der Waals surface area contributed by atoms with Gasteiger partial charge in [0, 0.05) is 5.54 Å². The Morgan fingerprint density at radius 1 is 1.44 bits per heavy atom. The van der Waals surface area contributed by atoms with E-state index in [1.807, 2.05) is 7.05 Å². The second-order valence-corrected chi connectivity index (χ2v) is 3.18. The molecule has 56 valence electrons. The molecule has 0 saturated carbocycles. The molecule has 1 atom stereocenters. The van der Waals surface area contributed by atoms with Gasteiger partial charge in [-0.2, -0.15) is 0 Å². The minimum Gasteiger partial charge on any atom is -0.314 e. The fraction of sp³-hybridized carbons (Fsp3) is 1.00. The van der Waals surface area contributed by atoms with E-state index in [1.165, 1.54) is 6.42 Å². The van der Waals surface area contributed by atoms with Crippen molar-refractivity contribution in [3.63, 3.8) is 0 Å². The lowest BCUT2D eigenvalue weighted by Gasteiger charge is -2.32. The molecule has 1 nitrogen and oxygen atoms in total. The quantitative estimate of drug-likeness (QED) is 0.615. The van der Waals surface area contributed by atoms with Crippen molar-refractivity contribution in [3.05, 3.63) is 0 Å². The number of hydrogen-bond donors (Lipinski definition) is 1. The Labute approximate surface area is 58.8 Å². The first-order chi connectivity index (χ1) is 4.06. The van der Waals surface area contributed by atoms with Crippen LogP contribution in [0.1, 0.15) is 34.1 Å². The molecule has 0 saturated heterocycles. The molecule has 0 fully saturated rings. The molecule has 0 rings (SSSR count). The maximum absolute atomic E-state index is 3.33. The van der Waals surface area contributed by atoms with E-state index in [0.29, 0.717) is 11.5 Å². The molecule has 0 aliphatic carbocycles. The summed E-state index contributed by atoms with van der Waals surface area (Å²) in [5.74, 6) is 0.715. The van der Waals surface area contributed by atoms with Crippen LogP contribution in [0.4, 0.5) is 0 Å². The first kappa shape index (κ1) is 8.96. The Bertz CT molecular complexity index is 72.6. The normalized spacial score (nSPS) is 18.0. The van der Waals surface area contributed by atoms with Crippen LogP contribution in [0.5, 0.6) is 0 Å². The van der Waals surface area contributed by atoms with Crippen LogP contribution in [0, 0.1) is 5.92 Å². The van der Waals surface area contributed by atoms with Crippen molar-refractivity contribution in [3.8, 4) is 0 Å². The fourth-order valence-corrected chi connectivity index (χ4v) is 0.874. The van der Waals surface area contributed by atoms with Crippen LogP contribution in [0.3, 0.4) is 0 Å². The zero-order valence-corrected chi connectivity index (χ0v) is 7.28. The van der Waals surface area contributed by atoms with Gasteiger partial charge in [-0.15, -0.1) is 0 Å². The van der Waals surface area contributed by atoms with E-state index >= 15 is 0 Å². The van der Waals surface area contributed by atoms with Crippen LogP contribution >= 0.6 is 0 Å². The number of nitrogens with one attached hydrogen (secondary N) is 1. The summed E-state index contributed by atoms with van der Waals surface area (Å²) < 4.78 is 0.